The topological polar surface area (TPSA) is 49.2 Å². The molecule has 21 heavy (non-hydrogen) atoms. The van der Waals surface area contributed by atoms with E-state index in [1.807, 2.05) is 30.3 Å². The van der Waals surface area contributed by atoms with Crippen LogP contribution >= 0.6 is 0 Å². The lowest BCUT2D eigenvalue weighted by Crippen LogP contribution is -2.28. The maximum absolute atomic E-state index is 12.7. The Morgan fingerprint density at radius 2 is 1.81 bits per heavy atom. The van der Waals surface area contributed by atoms with Crippen LogP contribution in [0.1, 0.15) is 11.3 Å². The Morgan fingerprint density at radius 3 is 2.43 bits per heavy atom. The Labute approximate surface area is 119 Å². The number of hydrogen-bond donors (Lipinski definition) is 1. The molecule has 0 saturated heterocycles. The highest BCUT2D eigenvalue weighted by Gasteiger charge is 2.33. The average Bonchev–Trinajstić information content (AvgIpc) is 2.47. The summed E-state index contributed by atoms with van der Waals surface area (Å²) in [5.74, 6) is -0.0530. The molecule has 2 aromatic rings. The standard InChI is InChI=1S/C14H14F3N3O/c15-14(16,17)12-6-7-18-13(19-12)20(8-9-21)10-11-4-2-1-3-5-11/h1-7,21H,8-10H2. The lowest BCUT2D eigenvalue weighted by atomic mass is 10.2. The van der Waals surface area contributed by atoms with Crippen molar-refractivity contribution in [2.45, 2.75) is 12.7 Å². The van der Waals surface area contributed by atoms with E-state index in [4.69, 9.17) is 5.11 Å². The van der Waals surface area contributed by atoms with Crippen molar-refractivity contribution in [3.63, 3.8) is 0 Å². The van der Waals surface area contributed by atoms with Gasteiger partial charge >= 0.3 is 6.18 Å². The lowest BCUT2D eigenvalue weighted by molar-refractivity contribution is -0.141. The number of halogens is 3. The largest absolute Gasteiger partial charge is 0.433 e. The van der Waals surface area contributed by atoms with E-state index in [0.29, 0.717) is 6.54 Å². The van der Waals surface area contributed by atoms with Gasteiger partial charge in [-0.2, -0.15) is 13.2 Å². The van der Waals surface area contributed by atoms with Gasteiger partial charge in [0.15, 0.2) is 0 Å². The van der Waals surface area contributed by atoms with Gasteiger partial charge in [0.1, 0.15) is 5.69 Å². The zero-order chi connectivity index (χ0) is 15.3. The minimum Gasteiger partial charge on any atom is -0.395 e. The molecule has 0 atom stereocenters. The fourth-order valence-corrected chi connectivity index (χ4v) is 1.83. The van der Waals surface area contributed by atoms with Gasteiger partial charge in [-0.15, -0.1) is 0 Å². The summed E-state index contributed by atoms with van der Waals surface area (Å²) in [7, 11) is 0. The zero-order valence-electron chi connectivity index (χ0n) is 11.1. The van der Waals surface area contributed by atoms with Crippen LogP contribution in [0.25, 0.3) is 0 Å². The number of alkyl halides is 3. The maximum Gasteiger partial charge on any atom is 0.433 e. The van der Waals surface area contributed by atoms with E-state index >= 15 is 0 Å². The Balaban J connectivity index is 2.26. The third kappa shape index (κ3) is 4.16. The Kier molecular flexibility index (Phi) is 4.74. The first kappa shape index (κ1) is 15.2. The quantitative estimate of drug-likeness (QED) is 0.921. The van der Waals surface area contributed by atoms with Gasteiger partial charge in [0.2, 0.25) is 5.95 Å². The molecule has 0 aliphatic rings. The summed E-state index contributed by atoms with van der Waals surface area (Å²) in [5, 5.41) is 9.09. The highest BCUT2D eigenvalue weighted by Crippen LogP contribution is 2.28. The highest BCUT2D eigenvalue weighted by molar-refractivity contribution is 5.33. The van der Waals surface area contributed by atoms with Gasteiger partial charge < -0.3 is 10.0 Å². The molecule has 0 aliphatic heterocycles. The van der Waals surface area contributed by atoms with Crippen molar-refractivity contribution in [1.82, 2.24) is 9.97 Å². The van der Waals surface area contributed by atoms with Crippen molar-refractivity contribution in [3.8, 4) is 0 Å². The molecule has 0 bridgehead atoms. The number of hydrogen-bond acceptors (Lipinski definition) is 4. The molecule has 1 heterocycles. The zero-order valence-corrected chi connectivity index (χ0v) is 11.1. The van der Waals surface area contributed by atoms with E-state index in [9.17, 15) is 13.2 Å². The normalized spacial score (nSPS) is 11.4. The molecule has 112 valence electrons. The third-order valence-corrected chi connectivity index (χ3v) is 2.80. The van der Waals surface area contributed by atoms with Gasteiger partial charge in [-0.3, -0.25) is 0 Å². The van der Waals surface area contributed by atoms with Crippen molar-refractivity contribution >= 4 is 5.95 Å². The van der Waals surface area contributed by atoms with Crippen LogP contribution in [0, 0.1) is 0 Å². The number of aliphatic hydroxyl groups excluding tert-OH is 1. The highest BCUT2D eigenvalue weighted by atomic mass is 19.4. The molecule has 1 N–H and O–H groups in total. The molecule has 0 radical (unpaired) electrons. The second-order valence-electron chi connectivity index (χ2n) is 4.37. The number of benzene rings is 1. The van der Waals surface area contributed by atoms with Crippen LogP contribution in [0.2, 0.25) is 0 Å². The fraction of sp³-hybridized carbons (Fsp3) is 0.286. The summed E-state index contributed by atoms with van der Waals surface area (Å²) in [6.45, 7) is 0.269. The van der Waals surface area contributed by atoms with Crippen LogP contribution in [-0.2, 0) is 12.7 Å². The average molecular weight is 297 g/mol. The minimum atomic E-state index is -4.52. The van der Waals surface area contributed by atoms with Gasteiger partial charge in [0.25, 0.3) is 0 Å². The Hall–Kier alpha value is -2.15. The molecular weight excluding hydrogens is 283 g/mol. The van der Waals surface area contributed by atoms with Crippen LogP contribution < -0.4 is 4.90 Å². The first-order valence-electron chi connectivity index (χ1n) is 6.30. The molecule has 0 unspecified atom stereocenters. The van der Waals surface area contributed by atoms with Crippen LogP contribution in [-0.4, -0.2) is 28.2 Å². The van der Waals surface area contributed by atoms with E-state index in [1.165, 1.54) is 4.90 Å². The number of aliphatic hydroxyl groups is 1. The van der Waals surface area contributed by atoms with Crippen molar-refractivity contribution in [2.75, 3.05) is 18.1 Å². The summed E-state index contributed by atoms with van der Waals surface area (Å²) in [6, 6.07) is 10.0. The molecule has 0 amide bonds. The SMILES string of the molecule is OCCN(Cc1ccccc1)c1nccc(C(F)(F)F)n1. The maximum atomic E-state index is 12.7. The Morgan fingerprint density at radius 1 is 1.10 bits per heavy atom. The molecule has 4 nitrogen and oxygen atoms in total. The Bertz CT molecular complexity index is 575. The predicted octanol–water partition coefficient (Wildman–Crippen LogP) is 2.49. The number of anilines is 1. The molecule has 1 aromatic heterocycles. The van der Waals surface area contributed by atoms with E-state index < -0.39 is 11.9 Å². The van der Waals surface area contributed by atoms with Crippen LogP contribution in [0.3, 0.4) is 0 Å². The van der Waals surface area contributed by atoms with Gasteiger partial charge in [-0.1, -0.05) is 30.3 Å². The molecular formula is C14H14F3N3O. The predicted molar refractivity (Wildman–Crippen MR) is 71.6 cm³/mol. The van der Waals surface area contributed by atoms with Crippen molar-refractivity contribution in [1.29, 1.82) is 0 Å². The third-order valence-electron chi connectivity index (χ3n) is 2.80. The summed E-state index contributed by atoms with van der Waals surface area (Å²) in [4.78, 5) is 8.91. The van der Waals surface area contributed by atoms with Gasteiger partial charge in [0.05, 0.1) is 6.61 Å². The second-order valence-corrected chi connectivity index (χ2v) is 4.37. The first-order valence-corrected chi connectivity index (χ1v) is 6.30. The number of aromatic nitrogens is 2. The van der Waals surface area contributed by atoms with E-state index in [2.05, 4.69) is 9.97 Å². The van der Waals surface area contributed by atoms with Gasteiger partial charge in [-0.25, -0.2) is 9.97 Å². The lowest BCUT2D eigenvalue weighted by Gasteiger charge is -2.22. The van der Waals surface area contributed by atoms with E-state index in [1.54, 1.807) is 0 Å². The first-order chi connectivity index (χ1) is 10.0. The fourth-order valence-electron chi connectivity index (χ4n) is 1.83. The van der Waals surface area contributed by atoms with Crippen molar-refractivity contribution < 1.29 is 18.3 Å². The van der Waals surface area contributed by atoms with Crippen LogP contribution in [0.4, 0.5) is 19.1 Å². The van der Waals surface area contributed by atoms with Crippen LogP contribution in [0.15, 0.2) is 42.6 Å². The molecule has 2 rings (SSSR count). The van der Waals surface area contributed by atoms with Gasteiger partial charge in [0, 0.05) is 19.3 Å². The smallest absolute Gasteiger partial charge is 0.395 e. The summed E-state index contributed by atoms with van der Waals surface area (Å²) >= 11 is 0. The molecule has 0 spiro atoms. The van der Waals surface area contributed by atoms with Gasteiger partial charge in [-0.05, 0) is 11.6 Å². The molecule has 0 aliphatic carbocycles. The van der Waals surface area contributed by atoms with E-state index in [-0.39, 0.29) is 19.1 Å². The summed E-state index contributed by atoms with van der Waals surface area (Å²) in [6.07, 6.45) is -3.45. The second kappa shape index (κ2) is 6.53. The monoisotopic (exact) mass is 297 g/mol. The number of rotatable bonds is 5. The molecule has 0 fully saturated rings. The van der Waals surface area contributed by atoms with Crippen molar-refractivity contribution in [2.24, 2.45) is 0 Å². The molecule has 1 aromatic carbocycles. The molecule has 7 heteroatoms. The molecule has 0 saturated carbocycles. The number of nitrogens with zero attached hydrogens (tertiary/aromatic N) is 3. The summed E-state index contributed by atoms with van der Waals surface area (Å²) < 4.78 is 38.1. The van der Waals surface area contributed by atoms with Crippen molar-refractivity contribution in [3.05, 3.63) is 53.9 Å². The minimum absolute atomic E-state index is 0.0530. The summed E-state index contributed by atoms with van der Waals surface area (Å²) in [5.41, 5.74) is -0.101. The van der Waals surface area contributed by atoms with Crippen LogP contribution in [0.5, 0.6) is 0 Å². The van der Waals surface area contributed by atoms with E-state index in [0.717, 1.165) is 17.8 Å².